The first-order valence-corrected chi connectivity index (χ1v) is 7.12. The minimum Gasteiger partial charge on any atom is -0.493 e. The molecule has 0 aliphatic carbocycles. The van der Waals surface area contributed by atoms with Crippen molar-refractivity contribution in [2.24, 2.45) is 0 Å². The summed E-state index contributed by atoms with van der Waals surface area (Å²) in [4.78, 5) is 0. The highest BCUT2D eigenvalue weighted by molar-refractivity contribution is 5.37. The Morgan fingerprint density at radius 2 is 2.06 bits per heavy atom. The predicted octanol–water partition coefficient (Wildman–Crippen LogP) is 2.24. The molecular formula is C15H22N2O. The van der Waals surface area contributed by atoms with Crippen LogP contribution < -0.4 is 15.4 Å². The Hall–Kier alpha value is -1.06. The first-order chi connectivity index (χ1) is 8.93. The fourth-order valence-corrected chi connectivity index (χ4v) is 2.99. The summed E-state index contributed by atoms with van der Waals surface area (Å²) in [7, 11) is 0. The van der Waals surface area contributed by atoms with Gasteiger partial charge in [-0.05, 0) is 38.4 Å². The van der Waals surface area contributed by atoms with Gasteiger partial charge in [0.15, 0.2) is 0 Å². The Kier molecular flexibility index (Phi) is 3.81. The molecule has 1 aromatic carbocycles. The van der Waals surface area contributed by atoms with Crippen LogP contribution in [0.1, 0.15) is 37.3 Å². The second-order valence-corrected chi connectivity index (χ2v) is 5.27. The zero-order valence-electron chi connectivity index (χ0n) is 10.8. The van der Waals surface area contributed by atoms with E-state index in [2.05, 4.69) is 34.9 Å². The van der Waals surface area contributed by atoms with E-state index in [4.69, 9.17) is 4.74 Å². The molecule has 2 N–H and O–H groups in total. The minimum absolute atomic E-state index is 0.470. The highest BCUT2D eigenvalue weighted by Crippen LogP contribution is 2.32. The first-order valence-electron chi connectivity index (χ1n) is 7.12. The maximum Gasteiger partial charge on any atom is 0.124 e. The fraction of sp³-hybridized carbons (Fsp3) is 0.600. The van der Waals surface area contributed by atoms with Crippen LogP contribution in [0, 0.1) is 0 Å². The van der Waals surface area contributed by atoms with Gasteiger partial charge in [-0.15, -0.1) is 0 Å². The summed E-state index contributed by atoms with van der Waals surface area (Å²) in [5, 5.41) is 7.30. The molecule has 2 aliphatic heterocycles. The van der Waals surface area contributed by atoms with Gasteiger partial charge < -0.3 is 15.4 Å². The molecule has 0 spiro atoms. The molecule has 0 radical (unpaired) electrons. The molecule has 1 saturated heterocycles. The molecule has 3 nitrogen and oxygen atoms in total. The van der Waals surface area contributed by atoms with E-state index in [9.17, 15) is 0 Å². The lowest BCUT2D eigenvalue weighted by Gasteiger charge is -2.30. The van der Waals surface area contributed by atoms with Crippen molar-refractivity contribution >= 4 is 0 Å². The SMILES string of the molecule is c1ccc2c(c1)OCCC2NC1CCCNCC1. The number of hydrogen-bond donors (Lipinski definition) is 2. The lowest BCUT2D eigenvalue weighted by Crippen LogP contribution is -2.36. The molecular weight excluding hydrogens is 224 g/mol. The van der Waals surface area contributed by atoms with Crippen LogP contribution in [0.4, 0.5) is 0 Å². The van der Waals surface area contributed by atoms with E-state index in [1.54, 1.807) is 0 Å². The van der Waals surface area contributed by atoms with Crippen LogP contribution in [-0.2, 0) is 0 Å². The Morgan fingerprint density at radius 3 is 3.06 bits per heavy atom. The number of benzene rings is 1. The van der Waals surface area contributed by atoms with Crippen molar-refractivity contribution in [1.29, 1.82) is 0 Å². The Bertz CT molecular complexity index is 386. The molecule has 2 atom stereocenters. The van der Waals surface area contributed by atoms with Crippen LogP contribution in [0.25, 0.3) is 0 Å². The molecule has 98 valence electrons. The van der Waals surface area contributed by atoms with Crippen LogP contribution in [0.5, 0.6) is 5.75 Å². The van der Waals surface area contributed by atoms with Crippen LogP contribution in [0.15, 0.2) is 24.3 Å². The average Bonchev–Trinajstić information content (AvgIpc) is 2.68. The summed E-state index contributed by atoms with van der Waals surface area (Å²) in [6.07, 6.45) is 4.88. The van der Waals surface area contributed by atoms with Crippen LogP contribution in [0.2, 0.25) is 0 Å². The number of fused-ring (bicyclic) bond motifs is 1. The van der Waals surface area contributed by atoms with Crippen molar-refractivity contribution in [3.63, 3.8) is 0 Å². The van der Waals surface area contributed by atoms with E-state index in [1.165, 1.54) is 31.4 Å². The Morgan fingerprint density at radius 1 is 1.11 bits per heavy atom. The van der Waals surface area contributed by atoms with E-state index < -0.39 is 0 Å². The number of hydrogen-bond acceptors (Lipinski definition) is 3. The molecule has 0 amide bonds. The smallest absolute Gasteiger partial charge is 0.124 e. The van der Waals surface area contributed by atoms with E-state index in [0.717, 1.165) is 25.3 Å². The first kappa shape index (κ1) is 12.0. The summed E-state index contributed by atoms with van der Waals surface area (Å²) in [5.74, 6) is 1.06. The van der Waals surface area contributed by atoms with Crippen LogP contribution in [-0.4, -0.2) is 25.7 Å². The highest BCUT2D eigenvalue weighted by atomic mass is 16.5. The van der Waals surface area contributed by atoms with Gasteiger partial charge in [-0.25, -0.2) is 0 Å². The summed E-state index contributed by atoms with van der Waals surface area (Å²) >= 11 is 0. The maximum atomic E-state index is 5.72. The molecule has 2 heterocycles. The molecule has 2 aliphatic rings. The molecule has 3 heteroatoms. The largest absolute Gasteiger partial charge is 0.493 e. The Labute approximate surface area is 109 Å². The minimum atomic E-state index is 0.470. The van der Waals surface area contributed by atoms with Crippen LogP contribution in [0.3, 0.4) is 0 Å². The zero-order valence-corrected chi connectivity index (χ0v) is 10.8. The highest BCUT2D eigenvalue weighted by Gasteiger charge is 2.23. The monoisotopic (exact) mass is 246 g/mol. The molecule has 18 heavy (non-hydrogen) atoms. The fourth-order valence-electron chi connectivity index (χ4n) is 2.99. The average molecular weight is 246 g/mol. The van der Waals surface area contributed by atoms with Gasteiger partial charge in [0.25, 0.3) is 0 Å². The quantitative estimate of drug-likeness (QED) is 0.839. The lowest BCUT2D eigenvalue weighted by molar-refractivity contribution is 0.241. The molecule has 0 aromatic heterocycles. The maximum absolute atomic E-state index is 5.72. The van der Waals surface area contributed by atoms with E-state index in [1.807, 2.05) is 0 Å². The topological polar surface area (TPSA) is 33.3 Å². The number of rotatable bonds is 2. The summed E-state index contributed by atoms with van der Waals surface area (Å²) in [6, 6.07) is 9.56. The van der Waals surface area contributed by atoms with Crippen molar-refractivity contribution in [3.8, 4) is 5.75 Å². The van der Waals surface area contributed by atoms with E-state index in [0.29, 0.717) is 12.1 Å². The van der Waals surface area contributed by atoms with Gasteiger partial charge in [-0.3, -0.25) is 0 Å². The third-order valence-electron chi connectivity index (χ3n) is 3.97. The normalized spacial score (nSPS) is 28.0. The van der Waals surface area contributed by atoms with Gasteiger partial charge in [-0.1, -0.05) is 18.2 Å². The standard InChI is InChI=1S/C15H22N2O/c1-2-6-15-13(5-1)14(8-11-18-15)17-12-4-3-9-16-10-7-12/h1-2,5-6,12,14,16-17H,3-4,7-11H2. The third kappa shape index (κ3) is 2.68. The zero-order chi connectivity index (χ0) is 12.2. The van der Waals surface area contributed by atoms with Gasteiger partial charge >= 0.3 is 0 Å². The molecule has 0 bridgehead atoms. The van der Waals surface area contributed by atoms with Crippen molar-refractivity contribution in [2.75, 3.05) is 19.7 Å². The van der Waals surface area contributed by atoms with E-state index in [-0.39, 0.29) is 0 Å². The van der Waals surface area contributed by atoms with Gasteiger partial charge in [0.1, 0.15) is 5.75 Å². The molecule has 3 rings (SSSR count). The summed E-state index contributed by atoms with van der Waals surface area (Å²) in [6.45, 7) is 3.14. The Balaban J connectivity index is 1.69. The van der Waals surface area contributed by atoms with Gasteiger partial charge in [0.05, 0.1) is 6.61 Å². The predicted molar refractivity (Wildman–Crippen MR) is 72.9 cm³/mol. The van der Waals surface area contributed by atoms with Crippen LogP contribution >= 0.6 is 0 Å². The van der Waals surface area contributed by atoms with Gasteiger partial charge in [0, 0.05) is 24.1 Å². The van der Waals surface area contributed by atoms with Crippen molar-refractivity contribution in [2.45, 2.75) is 37.8 Å². The summed E-state index contributed by atoms with van der Waals surface area (Å²) in [5.41, 5.74) is 1.33. The number of para-hydroxylation sites is 1. The van der Waals surface area contributed by atoms with Crippen molar-refractivity contribution in [3.05, 3.63) is 29.8 Å². The lowest BCUT2D eigenvalue weighted by atomic mass is 9.98. The second-order valence-electron chi connectivity index (χ2n) is 5.27. The van der Waals surface area contributed by atoms with E-state index >= 15 is 0 Å². The number of ether oxygens (including phenoxy) is 1. The third-order valence-corrected chi connectivity index (χ3v) is 3.97. The second kappa shape index (κ2) is 5.72. The van der Waals surface area contributed by atoms with Gasteiger partial charge in [-0.2, -0.15) is 0 Å². The number of nitrogens with one attached hydrogen (secondary N) is 2. The van der Waals surface area contributed by atoms with Gasteiger partial charge in [0.2, 0.25) is 0 Å². The molecule has 1 aromatic rings. The molecule has 0 saturated carbocycles. The molecule has 2 unspecified atom stereocenters. The van der Waals surface area contributed by atoms with Crippen molar-refractivity contribution < 1.29 is 4.74 Å². The van der Waals surface area contributed by atoms with Crippen molar-refractivity contribution in [1.82, 2.24) is 10.6 Å². The molecule has 1 fully saturated rings. The summed E-state index contributed by atoms with van der Waals surface area (Å²) < 4.78 is 5.72.